The van der Waals surface area contributed by atoms with Crippen LogP contribution < -0.4 is 10.7 Å². The first-order valence-electron chi connectivity index (χ1n) is 2.85. The Bertz CT molecular complexity index is 178. The molecular formula is C5H7N3O2. The van der Waals surface area contributed by atoms with Crippen molar-refractivity contribution >= 4 is 18.5 Å². The first-order valence-corrected chi connectivity index (χ1v) is 2.85. The van der Waals surface area contributed by atoms with Crippen LogP contribution in [0.15, 0.2) is 5.10 Å². The Hall–Kier alpha value is -1.39. The lowest BCUT2D eigenvalue weighted by atomic mass is 10.2. The van der Waals surface area contributed by atoms with Gasteiger partial charge in [-0.05, 0) is 0 Å². The van der Waals surface area contributed by atoms with E-state index in [-0.39, 0.29) is 5.91 Å². The highest BCUT2D eigenvalue weighted by Crippen LogP contribution is 1.92. The van der Waals surface area contributed by atoms with Gasteiger partial charge in [-0.1, -0.05) is 0 Å². The summed E-state index contributed by atoms with van der Waals surface area (Å²) in [7, 11) is 0. The molecule has 1 aliphatic rings. The van der Waals surface area contributed by atoms with Crippen LogP contribution in [0, 0.1) is 0 Å². The van der Waals surface area contributed by atoms with Gasteiger partial charge in [-0.3, -0.25) is 9.59 Å². The number of nitrogens with zero attached hydrogens (tertiary/aromatic N) is 1. The Balaban J connectivity index is 2.50. The summed E-state index contributed by atoms with van der Waals surface area (Å²) in [6, 6.07) is -0.449. The average Bonchev–Trinajstić information content (AvgIpc) is 1.94. The zero-order chi connectivity index (χ0) is 7.40. The number of rotatable bonds is 2. The van der Waals surface area contributed by atoms with Gasteiger partial charge < -0.3 is 5.32 Å². The molecule has 1 aliphatic heterocycles. The Labute approximate surface area is 57.5 Å². The van der Waals surface area contributed by atoms with Crippen molar-refractivity contribution in [2.45, 2.75) is 12.5 Å². The minimum absolute atomic E-state index is 0.269. The molecule has 0 saturated heterocycles. The van der Waals surface area contributed by atoms with Gasteiger partial charge in [0, 0.05) is 12.6 Å². The summed E-state index contributed by atoms with van der Waals surface area (Å²) in [4.78, 5) is 20.6. The number of amides is 2. The summed E-state index contributed by atoms with van der Waals surface area (Å²) in [5.74, 6) is -0.269. The second-order valence-electron chi connectivity index (χ2n) is 1.86. The van der Waals surface area contributed by atoms with Crippen molar-refractivity contribution < 1.29 is 9.59 Å². The number of hydrazone groups is 1. The van der Waals surface area contributed by atoms with E-state index in [4.69, 9.17) is 0 Å². The number of hydrogen-bond acceptors (Lipinski definition) is 3. The molecule has 5 nitrogen and oxygen atoms in total. The second kappa shape index (κ2) is 2.95. The van der Waals surface area contributed by atoms with Gasteiger partial charge in [0.05, 0.1) is 0 Å². The summed E-state index contributed by atoms with van der Waals surface area (Å²) in [5, 5.41) is 5.86. The fourth-order valence-corrected chi connectivity index (χ4v) is 0.678. The highest BCUT2D eigenvalue weighted by Gasteiger charge is 2.18. The summed E-state index contributed by atoms with van der Waals surface area (Å²) >= 11 is 0. The van der Waals surface area contributed by atoms with Crippen molar-refractivity contribution in [3.8, 4) is 0 Å². The van der Waals surface area contributed by atoms with E-state index in [1.54, 1.807) is 6.21 Å². The molecule has 0 fully saturated rings. The van der Waals surface area contributed by atoms with Crippen LogP contribution in [-0.4, -0.2) is 24.6 Å². The first kappa shape index (κ1) is 6.73. The maximum atomic E-state index is 10.7. The number of hydrogen-bond donors (Lipinski definition) is 2. The third-order valence-electron chi connectivity index (χ3n) is 1.19. The molecule has 2 amide bonds. The van der Waals surface area contributed by atoms with Gasteiger partial charge in [-0.2, -0.15) is 5.10 Å². The summed E-state index contributed by atoms with van der Waals surface area (Å²) in [6.07, 6.45) is 2.51. The molecule has 1 heterocycles. The predicted octanol–water partition coefficient (Wildman–Crippen LogP) is -1.39. The highest BCUT2D eigenvalue weighted by molar-refractivity contribution is 5.88. The van der Waals surface area contributed by atoms with E-state index in [2.05, 4.69) is 15.8 Å². The van der Waals surface area contributed by atoms with Crippen molar-refractivity contribution in [3.63, 3.8) is 0 Å². The van der Waals surface area contributed by atoms with Crippen LogP contribution in [0.2, 0.25) is 0 Å². The highest BCUT2D eigenvalue weighted by atomic mass is 16.2. The Morgan fingerprint density at radius 1 is 1.90 bits per heavy atom. The molecule has 0 aromatic carbocycles. The standard InChI is InChI=1S/C5H7N3O2/c9-3-6-4-1-2-7-8-5(4)10/h2-4H,1H2,(H,6,9)(H,8,10). The average molecular weight is 141 g/mol. The van der Waals surface area contributed by atoms with E-state index >= 15 is 0 Å². The van der Waals surface area contributed by atoms with Gasteiger partial charge >= 0.3 is 0 Å². The molecule has 1 unspecified atom stereocenters. The molecule has 2 N–H and O–H groups in total. The van der Waals surface area contributed by atoms with Crippen molar-refractivity contribution in [2.75, 3.05) is 0 Å². The molecule has 1 atom stereocenters. The van der Waals surface area contributed by atoms with Crippen molar-refractivity contribution in [1.29, 1.82) is 0 Å². The van der Waals surface area contributed by atoms with Crippen LogP contribution in [-0.2, 0) is 9.59 Å². The second-order valence-corrected chi connectivity index (χ2v) is 1.86. The molecule has 5 heteroatoms. The minimum Gasteiger partial charge on any atom is -0.346 e. The monoisotopic (exact) mass is 141 g/mol. The van der Waals surface area contributed by atoms with E-state index in [1.165, 1.54) is 0 Å². The van der Waals surface area contributed by atoms with E-state index < -0.39 is 6.04 Å². The lowest BCUT2D eigenvalue weighted by molar-refractivity contribution is -0.125. The maximum absolute atomic E-state index is 10.7. The van der Waals surface area contributed by atoms with Crippen molar-refractivity contribution in [1.82, 2.24) is 10.7 Å². The van der Waals surface area contributed by atoms with Gasteiger partial charge in [0.25, 0.3) is 5.91 Å². The Kier molecular flexibility index (Phi) is 1.99. The molecule has 0 aromatic rings. The molecule has 0 saturated carbocycles. The first-order chi connectivity index (χ1) is 4.84. The summed E-state index contributed by atoms with van der Waals surface area (Å²) < 4.78 is 0. The van der Waals surface area contributed by atoms with Crippen LogP contribution in [0.3, 0.4) is 0 Å². The van der Waals surface area contributed by atoms with Gasteiger partial charge in [-0.25, -0.2) is 5.43 Å². The Morgan fingerprint density at radius 3 is 3.30 bits per heavy atom. The van der Waals surface area contributed by atoms with Gasteiger partial charge in [0.15, 0.2) is 0 Å². The van der Waals surface area contributed by atoms with E-state index in [0.29, 0.717) is 12.8 Å². The minimum atomic E-state index is -0.449. The largest absolute Gasteiger partial charge is 0.346 e. The summed E-state index contributed by atoms with van der Waals surface area (Å²) in [5.41, 5.74) is 2.23. The van der Waals surface area contributed by atoms with Crippen LogP contribution >= 0.6 is 0 Å². The molecule has 0 aliphatic carbocycles. The lowest BCUT2D eigenvalue weighted by Gasteiger charge is -2.14. The zero-order valence-electron chi connectivity index (χ0n) is 5.20. The Morgan fingerprint density at radius 2 is 2.70 bits per heavy atom. The third-order valence-corrected chi connectivity index (χ3v) is 1.19. The van der Waals surface area contributed by atoms with Crippen LogP contribution in [0.5, 0.6) is 0 Å². The van der Waals surface area contributed by atoms with Crippen LogP contribution in [0.1, 0.15) is 6.42 Å². The zero-order valence-corrected chi connectivity index (χ0v) is 5.20. The lowest BCUT2D eigenvalue weighted by Crippen LogP contribution is -2.44. The van der Waals surface area contributed by atoms with Gasteiger partial charge in [0.1, 0.15) is 6.04 Å². The fourth-order valence-electron chi connectivity index (χ4n) is 0.678. The smallest absolute Gasteiger partial charge is 0.262 e. The summed E-state index contributed by atoms with van der Waals surface area (Å²) in [6.45, 7) is 0. The topological polar surface area (TPSA) is 70.6 Å². The molecule has 0 bridgehead atoms. The van der Waals surface area contributed by atoms with Crippen molar-refractivity contribution in [3.05, 3.63) is 0 Å². The molecule has 0 spiro atoms. The van der Waals surface area contributed by atoms with Crippen LogP contribution in [0.4, 0.5) is 0 Å². The van der Waals surface area contributed by atoms with Gasteiger partial charge in [-0.15, -0.1) is 0 Å². The SMILES string of the molecule is O=CNC1CC=NNC1=O. The third kappa shape index (κ3) is 1.31. The number of carbonyl (C=O) groups is 2. The number of carbonyl (C=O) groups excluding carboxylic acids is 2. The van der Waals surface area contributed by atoms with E-state index in [9.17, 15) is 9.59 Å². The molecule has 0 radical (unpaired) electrons. The number of nitrogens with one attached hydrogen (secondary N) is 2. The quantitative estimate of drug-likeness (QED) is 0.464. The van der Waals surface area contributed by atoms with E-state index in [0.717, 1.165) is 0 Å². The molecule has 0 aromatic heterocycles. The molecule has 54 valence electrons. The normalized spacial score (nSPS) is 23.6. The fraction of sp³-hybridized carbons (Fsp3) is 0.400. The predicted molar refractivity (Wildman–Crippen MR) is 34.2 cm³/mol. The van der Waals surface area contributed by atoms with Crippen molar-refractivity contribution in [2.24, 2.45) is 5.10 Å². The molecule has 1 rings (SSSR count). The maximum Gasteiger partial charge on any atom is 0.262 e. The van der Waals surface area contributed by atoms with E-state index in [1.807, 2.05) is 0 Å². The van der Waals surface area contributed by atoms with Gasteiger partial charge in [0.2, 0.25) is 6.41 Å². The molecule has 10 heavy (non-hydrogen) atoms. The molecular weight excluding hydrogens is 134 g/mol. The van der Waals surface area contributed by atoms with Crippen LogP contribution in [0.25, 0.3) is 0 Å².